The Hall–Kier alpha value is -1.60. The average Bonchev–Trinajstić information content (AvgIpc) is 2.45. The average molecular weight is 254 g/mol. The van der Waals surface area contributed by atoms with Gasteiger partial charge in [0, 0.05) is 0 Å². The third-order valence-corrected chi connectivity index (χ3v) is 3.47. The number of aryl methyl sites for hydroxylation is 2. The Morgan fingerprint density at radius 3 is 2.37 bits per heavy atom. The van der Waals surface area contributed by atoms with Crippen LogP contribution in [0.5, 0.6) is 0 Å². The maximum atomic E-state index is 10.4. The SMILES string of the molecule is CCCCc1ccc(C(O)c2cccc(C)c2)cc1. The van der Waals surface area contributed by atoms with E-state index >= 15 is 0 Å². The number of aliphatic hydroxyl groups is 1. The summed E-state index contributed by atoms with van der Waals surface area (Å²) in [4.78, 5) is 0. The molecule has 2 aromatic carbocycles. The molecule has 100 valence electrons. The van der Waals surface area contributed by atoms with E-state index in [1.54, 1.807) is 0 Å². The van der Waals surface area contributed by atoms with E-state index in [4.69, 9.17) is 0 Å². The fourth-order valence-electron chi connectivity index (χ4n) is 2.28. The Labute approximate surface area is 115 Å². The summed E-state index contributed by atoms with van der Waals surface area (Å²) < 4.78 is 0. The smallest absolute Gasteiger partial charge is 0.104 e. The first kappa shape index (κ1) is 13.8. The van der Waals surface area contributed by atoms with Crippen LogP contribution < -0.4 is 0 Å². The van der Waals surface area contributed by atoms with Crippen molar-refractivity contribution >= 4 is 0 Å². The summed E-state index contributed by atoms with van der Waals surface area (Å²) in [5.41, 5.74) is 4.45. The van der Waals surface area contributed by atoms with Crippen LogP contribution >= 0.6 is 0 Å². The summed E-state index contributed by atoms with van der Waals surface area (Å²) in [7, 11) is 0. The van der Waals surface area contributed by atoms with E-state index in [0.717, 1.165) is 17.5 Å². The minimum Gasteiger partial charge on any atom is -0.384 e. The minimum atomic E-state index is -0.528. The van der Waals surface area contributed by atoms with Gasteiger partial charge in [-0.25, -0.2) is 0 Å². The molecule has 0 bridgehead atoms. The molecule has 0 saturated heterocycles. The summed E-state index contributed by atoms with van der Waals surface area (Å²) in [6.45, 7) is 4.25. The summed E-state index contributed by atoms with van der Waals surface area (Å²) in [6.07, 6.45) is 3.03. The highest BCUT2D eigenvalue weighted by atomic mass is 16.3. The molecular weight excluding hydrogens is 232 g/mol. The molecule has 0 aliphatic carbocycles. The van der Waals surface area contributed by atoms with Crippen molar-refractivity contribution in [3.63, 3.8) is 0 Å². The largest absolute Gasteiger partial charge is 0.384 e. The van der Waals surface area contributed by atoms with Crippen molar-refractivity contribution in [1.29, 1.82) is 0 Å². The fourth-order valence-corrected chi connectivity index (χ4v) is 2.28. The molecule has 0 fully saturated rings. The topological polar surface area (TPSA) is 20.2 Å². The summed E-state index contributed by atoms with van der Waals surface area (Å²) in [6, 6.07) is 16.4. The molecule has 0 heterocycles. The number of benzene rings is 2. The Kier molecular flexibility index (Phi) is 4.75. The third-order valence-electron chi connectivity index (χ3n) is 3.47. The standard InChI is InChI=1S/C18H22O/c1-3-4-7-15-9-11-16(12-10-15)18(19)17-8-5-6-14(2)13-17/h5-6,8-13,18-19H,3-4,7H2,1-2H3. The highest BCUT2D eigenvalue weighted by Gasteiger charge is 2.10. The molecule has 0 spiro atoms. The molecule has 0 radical (unpaired) electrons. The molecule has 19 heavy (non-hydrogen) atoms. The number of hydrogen-bond donors (Lipinski definition) is 1. The van der Waals surface area contributed by atoms with Crippen molar-refractivity contribution in [2.24, 2.45) is 0 Å². The highest BCUT2D eigenvalue weighted by Crippen LogP contribution is 2.23. The molecule has 0 aliphatic heterocycles. The van der Waals surface area contributed by atoms with Gasteiger partial charge in [0.15, 0.2) is 0 Å². The fraction of sp³-hybridized carbons (Fsp3) is 0.333. The normalized spacial score (nSPS) is 12.4. The quantitative estimate of drug-likeness (QED) is 0.837. The molecule has 0 aliphatic rings. The van der Waals surface area contributed by atoms with Crippen LogP contribution in [0.4, 0.5) is 0 Å². The molecule has 0 aromatic heterocycles. The molecule has 1 N–H and O–H groups in total. The van der Waals surface area contributed by atoms with Crippen LogP contribution in [-0.2, 0) is 6.42 Å². The lowest BCUT2D eigenvalue weighted by molar-refractivity contribution is 0.220. The van der Waals surface area contributed by atoms with Crippen molar-refractivity contribution in [3.8, 4) is 0 Å². The van der Waals surface area contributed by atoms with Gasteiger partial charge in [0.05, 0.1) is 0 Å². The van der Waals surface area contributed by atoms with Crippen LogP contribution in [-0.4, -0.2) is 5.11 Å². The van der Waals surface area contributed by atoms with Gasteiger partial charge in [-0.15, -0.1) is 0 Å². The molecule has 0 amide bonds. The van der Waals surface area contributed by atoms with Gasteiger partial charge in [-0.1, -0.05) is 67.4 Å². The predicted molar refractivity (Wildman–Crippen MR) is 80.3 cm³/mol. The van der Waals surface area contributed by atoms with Crippen LogP contribution in [0.15, 0.2) is 48.5 Å². The van der Waals surface area contributed by atoms with Crippen molar-refractivity contribution in [2.75, 3.05) is 0 Å². The molecule has 1 atom stereocenters. The second kappa shape index (κ2) is 6.53. The number of hydrogen-bond acceptors (Lipinski definition) is 1. The number of aliphatic hydroxyl groups excluding tert-OH is 1. The second-order valence-corrected chi connectivity index (χ2v) is 5.16. The maximum absolute atomic E-state index is 10.4. The summed E-state index contributed by atoms with van der Waals surface area (Å²) >= 11 is 0. The molecule has 0 saturated carbocycles. The van der Waals surface area contributed by atoms with Gasteiger partial charge in [0.2, 0.25) is 0 Å². The molecule has 1 unspecified atom stereocenters. The van der Waals surface area contributed by atoms with E-state index in [1.807, 2.05) is 43.3 Å². The van der Waals surface area contributed by atoms with Crippen molar-refractivity contribution in [1.82, 2.24) is 0 Å². The van der Waals surface area contributed by atoms with Crippen LogP contribution in [0.2, 0.25) is 0 Å². The van der Waals surface area contributed by atoms with Crippen molar-refractivity contribution < 1.29 is 5.11 Å². The van der Waals surface area contributed by atoms with Crippen molar-refractivity contribution in [3.05, 3.63) is 70.8 Å². The van der Waals surface area contributed by atoms with E-state index in [0.29, 0.717) is 0 Å². The Morgan fingerprint density at radius 1 is 1.00 bits per heavy atom. The third kappa shape index (κ3) is 3.68. The Balaban J connectivity index is 2.13. The van der Waals surface area contributed by atoms with Gasteiger partial charge >= 0.3 is 0 Å². The van der Waals surface area contributed by atoms with Crippen LogP contribution in [0, 0.1) is 6.92 Å². The van der Waals surface area contributed by atoms with Crippen LogP contribution in [0.3, 0.4) is 0 Å². The van der Waals surface area contributed by atoms with Gasteiger partial charge in [0.25, 0.3) is 0 Å². The zero-order valence-corrected chi connectivity index (χ0v) is 11.8. The van der Waals surface area contributed by atoms with Gasteiger partial charge in [0.1, 0.15) is 6.10 Å². The first-order valence-electron chi connectivity index (χ1n) is 7.04. The highest BCUT2D eigenvalue weighted by molar-refractivity contribution is 5.33. The molecular formula is C18H22O. The number of unbranched alkanes of at least 4 members (excludes halogenated alkanes) is 1. The summed E-state index contributed by atoms with van der Waals surface area (Å²) in [5.74, 6) is 0. The van der Waals surface area contributed by atoms with Crippen LogP contribution in [0.1, 0.15) is 48.1 Å². The monoisotopic (exact) mass is 254 g/mol. The Bertz CT molecular complexity index is 513. The summed E-state index contributed by atoms with van der Waals surface area (Å²) in [5, 5.41) is 10.4. The lowest BCUT2D eigenvalue weighted by Crippen LogP contribution is -2.00. The zero-order chi connectivity index (χ0) is 13.7. The first-order valence-corrected chi connectivity index (χ1v) is 7.04. The second-order valence-electron chi connectivity index (χ2n) is 5.16. The van der Waals surface area contributed by atoms with E-state index in [2.05, 4.69) is 19.1 Å². The number of rotatable bonds is 5. The lowest BCUT2D eigenvalue weighted by atomic mass is 9.98. The van der Waals surface area contributed by atoms with E-state index in [9.17, 15) is 5.11 Å². The minimum absolute atomic E-state index is 0.528. The zero-order valence-electron chi connectivity index (χ0n) is 11.8. The molecule has 1 nitrogen and oxygen atoms in total. The Morgan fingerprint density at radius 2 is 1.74 bits per heavy atom. The molecule has 2 aromatic rings. The van der Waals surface area contributed by atoms with Gasteiger partial charge < -0.3 is 5.11 Å². The predicted octanol–water partition coefficient (Wildman–Crippen LogP) is 4.42. The van der Waals surface area contributed by atoms with E-state index < -0.39 is 6.10 Å². The first-order chi connectivity index (χ1) is 9.20. The van der Waals surface area contributed by atoms with Gasteiger partial charge in [-0.2, -0.15) is 0 Å². The maximum Gasteiger partial charge on any atom is 0.104 e. The van der Waals surface area contributed by atoms with E-state index in [-0.39, 0.29) is 0 Å². The van der Waals surface area contributed by atoms with Gasteiger partial charge in [-0.3, -0.25) is 0 Å². The molecule has 2 rings (SSSR count). The van der Waals surface area contributed by atoms with E-state index in [1.165, 1.54) is 24.0 Å². The van der Waals surface area contributed by atoms with Crippen LogP contribution in [0.25, 0.3) is 0 Å². The lowest BCUT2D eigenvalue weighted by Gasteiger charge is -2.12. The molecule has 1 heteroatoms. The van der Waals surface area contributed by atoms with Gasteiger partial charge in [-0.05, 0) is 36.5 Å². The van der Waals surface area contributed by atoms with Crippen molar-refractivity contribution in [2.45, 2.75) is 39.2 Å².